The molecule has 19 heavy (non-hydrogen) atoms. The Morgan fingerprint density at radius 1 is 1.32 bits per heavy atom. The van der Waals surface area contributed by atoms with E-state index in [4.69, 9.17) is 0 Å². The number of fused-ring (bicyclic) bond motifs is 1. The van der Waals surface area contributed by atoms with E-state index in [1.807, 2.05) is 12.1 Å². The van der Waals surface area contributed by atoms with E-state index >= 15 is 0 Å². The van der Waals surface area contributed by atoms with Gasteiger partial charge in [-0.15, -0.1) is 12.4 Å². The number of hydrogen-bond donors (Lipinski definition) is 2. The summed E-state index contributed by atoms with van der Waals surface area (Å²) >= 11 is 3.49. The van der Waals surface area contributed by atoms with E-state index in [0.29, 0.717) is 0 Å². The molecule has 0 aromatic heterocycles. The molecule has 2 heterocycles. The van der Waals surface area contributed by atoms with Crippen LogP contribution in [0.5, 0.6) is 0 Å². The SMILES string of the molecule is Cl.OC1c2ccc(Br)cc2CN1CC1CCNCC1. The van der Waals surface area contributed by atoms with Crippen molar-refractivity contribution in [3.63, 3.8) is 0 Å². The van der Waals surface area contributed by atoms with Crippen LogP contribution < -0.4 is 5.32 Å². The Hall–Kier alpha value is -0.130. The Balaban J connectivity index is 0.00000133. The Morgan fingerprint density at radius 2 is 2.05 bits per heavy atom. The van der Waals surface area contributed by atoms with Crippen LogP contribution >= 0.6 is 28.3 Å². The van der Waals surface area contributed by atoms with Crippen molar-refractivity contribution in [3.8, 4) is 0 Å². The number of aliphatic hydroxyl groups is 1. The zero-order valence-corrected chi connectivity index (χ0v) is 13.2. The van der Waals surface area contributed by atoms with Gasteiger partial charge in [-0.1, -0.05) is 22.0 Å². The van der Waals surface area contributed by atoms with Crippen molar-refractivity contribution in [1.29, 1.82) is 0 Å². The molecule has 1 saturated heterocycles. The standard InChI is InChI=1S/C14H19BrN2O.ClH/c15-12-1-2-13-11(7-12)9-17(14(13)18)8-10-3-5-16-6-4-10;/h1-2,7,10,14,16,18H,3-6,8-9H2;1H. The number of nitrogens with one attached hydrogen (secondary N) is 1. The highest BCUT2D eigenvalue weighted by atomic mass is 79.9. The maximum atomic E-state index is 10.4. The topological polar surface area (TPSA) is 35.5 Å². The minimum Gasteiger partial charge on any atom is -0.374 e. The molecule has 1 aromatic rings. The Labute approximate surface area is 128 Å². The van der Waals surface area contributed by atoms with Gasteiger partial charge in [0.25, 0.3) is 0 Å². The highest BCUT2D eigenvalue weighted by Crippen LogP contribution is 2.34. The second kappa shape index (κ2) is 6.55. The first-order chi connectivity index (χ1) is 8.74. The molecule has 2 aliphatic heterocycles. The van der Waals surface area contributed by atoms with E-state index in [2.05, 4.69) is 32.2 Å². The van der Waals surface area contributed by atoms with Gasteiger partial charge in [-0.25, -0.2) is 0 Å². The highest BCUT2D eigenvalue weighted by molar-refractivity contribution is 9.10. The second-order valence-corrected chi connectivity index (χ2v) is 6.26. The zero-order valence-electron chi connectivity index (χ0n) is 10.8. The number of aliphatic hydroxyl groups excluding tert-OH is 1. The second-order valence-electron chi connectivity index (χ2n) is 5.34. The summed E-state index contributed by atoms with van der Waals surface area (Å²) in [6.07, 6.45) is 2.04. The van der Waals surface area contributed by atoms with E-state index in [9.17, 15) is 5.11 Å². The summed E-state index contributed by atoms with van der Waals surface area (Å²) in [5, 5.41) is 13.7. The molecule has 1 unspecified atom stereocenters. The Kier molecular flexibility index (Phi) is 5.26. The molecule has 2 N–H and O–H groups in total. The van der Waals surface area contributed by atoms with Gasteiger partial charge < -0.3 is 10.4 Å². The highest BCUT2D eigenvalue weighted by Gasteiger charge is 2.30. The molecule has 0 saturated carbocycles. The molecule has 1 fully saturated rings. The van der Waals surface area contributed by atoms with Crippen molar-refractivity contribution in [2.75, 3.05) is 19.6 Å². The summed E-state index contributed by atoms with van der Waals surface area (Å²) in [5.41, 5.74) is 2.33. The van der Waals surface area contributed by atoms with Crippen LogP contribution in [0.4, 0.5) is 0 Å². The number of rotatable bonds is 2. The zero-order chi connectivity index (χ0) is 12.5. The van der Waals surface area contributed by atoms with Gasteiger partial charge in [0.1, 0.15) is 6.23 Å². The summed E-state index contributed by atoms with van der Waals surface area (Å²) in [7, 11) is 0. The van der Waals surface area contributed by atoms with Crippen molar-refractivity contribution in [2.24, 2.45) is 5.92 Å². The van der Waals surface area contributed by atoms with Crippen molar-refractivity contribution < 1.29 is 5.11 Å². The summed E-state index contributed by atoms with van der Waals surface area (Å²) < 4.78 is 1.09. The van der Waals surface area contributed by atoms with Crippen LogP contribution in [-0.2, 0) is 6.54 Å². The molecule has 3 nitrogen and oxygen atoms in total. The predicted molar refractivity (Wildman–Crippen MR) is 82.4 cm³/mol. The first-order valence-electron chi connectivity index (χ1n) is 6.65. The maximum Gasteiger partial charge on any atom is 0.134 e. The summed E-state index contributed by atoms with van der Waals surface area (Å²) in [6, 6.07) is 6.17. The van der Waals surface area contributed by atoms with E-state index in [-0.39, 0.29) is 12.4 Å². The smallest absolute Gasteiger partial charge is 0.134 e. The van der Waals surface area contributed by atoms with Gasteiger partial charge in [0.05, 0.1) is 0 Å². The van der Waals surface area contributed by atoms with Crippen molar-refractivity contribution in [1.82, 2.24) is 10.2 Å². The lowest BCUT2D eigenvalue weighted by atomic mass is 9.97. The molecule has 5 heteroatoms. The minimum absolute atomic E-state index is 0. The normalized spacial score (nSPS) is 24.0. The van der Waals surface area contributed by atoms with Crippen LogP contribution in [0.2, 0.25) is 0 Å². The number of benzene rings is 1. The summed E-state index contributed by atoms with van der Waals surface area (Å²) in [6.45, 7) is 4.12. The lowest BCUT2D eigenvalue weighted by Gasteiger charge is -2.29. The maximum absolute atomic E-state index is 10.4. The van der Waals surface area contributed by atoms with Crippen LogP contribution in [0.3, 0.4) is 0 Å². The molecular formula is C14H20BrClN2O. The van der Waals surface area contributed by atoms with Gasteiger partial charge >= 0.3 is 0 Å². The van der Waals surface area contributed by atoms with Gasteiger partial charge in [-0.3, -0.25) is 4.90 Å². The molecule has 0 spiro atoms. The van der Waals surface area contributed by atoms with E-state index in [1.165, 1.54) is 18.4 Å². The fourth-order valence-corrected chi connectivity index (χ4v) is 3.43. The summed E-state index contributed by atoms with van der Waals surface area (Å²) in [5.74, 6) is 0.721. The largest absolute Gasteiger partial charge is 0.374 e. The van der Waals surface area contributed by atoms with Crippen molar-refractivity contribution in [2.45, 2.75) is 25.6 Å². The fourth-order valence-electron chi connectivity index (χ4n) is 3.03. The molecule has 1 aromatic carbocycles. The van der Waals surface area contributed by atoms with Crippen LogP contribution in [0.25, 0.3) is 0 Å². The number of halogens is 2. The quantitative estimate of drug-likeness (QED) is 0.863. The van der Waals surface area contributed by atoms with Gasteiger partial charge in [0.15, 0.2) is 0 Å². The Bertz CT molecular complexity index is 437. The molecule has 1 atom stereocenters. The Morgan fingerprint density at radius 3 is 2.79 bits per heavy atom. The van der Waals surface area contributed by atoms with Crippen LogP contribution in [-0.4, -0.2) is 29.6 Å². The van der Waals surface area contributed by atoms with Gasteiger partial charge in [-0.2, -0.15) is 0 Å². The number of nitrogens with zero attached hydrogens (tertiary/aromatic N) is 1. The molecule has 0 amide bonds. The predicted octanol–water partition coefficient (Wildman–Crippen LogP) is 2.68. The van der Waals surface area contributed by atoms with E-state index < -0.39 is 6.23 Å². The third-order valence-electron chi connectivity index (χ3n) is 4.05. The lowest BCUT2D eigenvalue weighted by molar-refractivity contribution is 0.000409. The fraction of sp³-hybridized carbons (Fsp3) is 0.571. The number of hydrogen-bond acceptors (Lipinski definition) is 3. The molecule has 0 radical (unpaired) electrons. The van der Waals surface area contributed by atoms with Gasteiger partial charge in [0.2, 0.25) is 0 Å². The van der Waals surface area contributed by atoms with E-state index in [1.54, 1.807) is 0 Å². The molecule has 2 aliphatic rings. The molecule has 106 valence electrons. The van der Waals surface area contributed by atoms with E-state index in [0.717, 1.165) is 42.1 Å². The van der Waals surface area contributed by atoms with Crippen molar-refractivity contribution in [3.05, 3.63) is 33.8 Å². The monoisotopic (exact) mass is 346 g/mol. The van der Waals surface area contributed by atoms with Crippen LogP contribution in [0.15, 0.2) is 22.7 Å². The lowest BCUT2D eigenvalue weighted by Crippen LogP contribution is -2.35. The van der Waals surface area contributed by atoms with Crippen LogP contribution in [0, 0.1) is 5.92 Å². The average Bonchev–Trinajstić information content (AvgIpc) is 2.67. The van der Waals surface area contributed by atoms with Crippen LogP contribution in [0.1, 0.15) is 30.2 Å². The number of piperidine rings is 1. The van der Waals surface area contributed by atoms with Gasteiger partial charge in [0, 0.05) is 17.6 Å². The average molecular weight is 348 g/mol. The molecule has 3 rings (SSSR count). The first-order valence-corrected chi connectivity index (χ1v) is 7.44. The molecular weight excluding hydrogens is 328 g/mol. The first kappa shape index (κ1) is 15.3. The van der Waals surface area contributed by atoms with Gasteiger partial charge in [-0.05, 0) is 55.1 Å². The molecule has 0 aliphatic carbocycles. The summed E-state index contributed by atoms with van der Waals surface area (Å²) in [4.78, 5) is 2.20. The molecule has 0 bridgehead atoms. The van der Waals surface area contributed by atoms with Crippen molar-refractivity contribution >= 4 is 28.3 Å². The third-order valence-corrected chi connectivity index (χ3v) is 4.55. The third kappa shape index (κ3) is 3.31. The minimum atomic E-state index is -0.414.